The van der Waals surface area contributed by atoms with Gasteiger partial charge in [-0.15, -0.1) is 0 Å². The lowest BCUT2D eigenvalue weighted by Crippen LogP contribution is -2.36. The lowest BCUT2D eigenvalue weighted by Gasteiger charge is -2.31. The van der Waals surface area contributed by atoms with E-state index in [1.54, 1.807) is 0 Å². The van der Waals surface area contributed by atoms with Crippen molar-refractivity contribution < 1.29 is 10.2 Å². The Labute approximate surface area is 125 Å². The van der Waals surface area contributed by atoms with E-state index in [1.165, 1.54) is 25.7 Å². The van der Waals surface area contributed by atoms with Crippen LogP contribution in [0.1, 0.15) is 31.4 Å². The molecule has 0 aliphatic heterocycles. The van der Waals surface area contributed by atoms with E-state index in [0.29, 0.717) is 18.3 Å². The van der Waals surface area contributed by atoms with Gasteiger partial charge in [-0.1, -0.05) is 31.0 Å². The lowest BCUT2D eigenvalue weighted by molar-refractivity contribution is 0.277. The zero-order valence-electron chi connectivity index (χ0n) is 12.2. The summed E-state index contributed by atoms with van der Waals surface area (Å²) in [7, 11) is 0. The fraction of sp³-hybridized carbons (Fsp3) is 0.471. The number of hydrogen-bond acceptors (Lipinski definition) is 4. The van der Waals surface area contributed by atoms with Crippen LogP contribution in [0, 0.1) is 0 Å². The Bertz CT molecular complexity index is 609. The Morgan fingerprint density at radius 3 is 2.62 bits per heavy atom. The summed E-state index contributed by atoms with van der Waals surface area (Å²) in [5.74, 6) is 0. The standard InChI is InChI=1S/C17H22N2O2/c20-10-9-19(14-5-1-2-6-14)17-11-13(12-21)18-16-8-4-3-7-15(16)17/h3-4,7-8,11,14,20-21H,1-2,5-6,9-10,12H2. The van der Waals surface area contributed by atoms with E-state index >= 15 is 0 Å². The van der Waals surface area contributed by atoms with E-state index < -0.39 is 0 Å². The number of aliphatic hydroxyl groups excluding tert-OH is 2. The summed E-state index contributed by atoms with van der Waals surface area (Å²) in [4.78, 5) is 6.79. The molecule has 1 fully saturated rings. The maximum Gasteiger partial charge on any atom is 0.0854 e. The number of nitrogens with zero attached hydrogens (tertiary/aromatic N) is 2. The molecule has 3 rings (SSSR count). The molecule has 1 aliphatic rings. The summed E-state index contributed by atoms with van der Waals surface area (Å²) in [5.41, 5.74) is 2.68. The molecule has 4 nitrogen and oxygen atoms in total. The molecule has 21 heavy (non-hydrogen) atoms. The second-order valence-electron chi connectivity index (χ2n) is 5.66. The first-order chi connectivity index (χ1) is 10.3. The van der Waals surface area contributed by atoms with Crippen LogP contribution in [0.15, 0.2) is 30.3 Å². The van der Waals surface area contributed by atoms with Crippen LogP contribution in [0.4, 0.5) is 5.69 Å². The minimum absolute atomic E-state index is 0.0601. The number of rotatable bonds is 5. The van der Waals surface area contributed by atoms with Gasteiger partial charge in [0.15, 0.2) is 0 Å². The minimum atomic E-state index is -0.0601. The summed E-state index contributed by atoms with van der Waals surface area (Å²) in [6, 6.07) is 10.5. The fourth-order valence-corrected chi connectivity index (χ4v) is 3.35. The SMILES string of the molecule is OCCN(c1cc(CO)nc2ccccc12)C1CCCC1. The van der Waals surface area contributed by atoms with Gasteiger partial charge in [-0.2, -0.15) is 0 Å². The van der Waals surface area contributed by atoms with Crippen LogP contribution in [0.25, 0.3) is 10.9 Å². The van der Waals surface area contributed by atoms with Crippen molar-refractivity contribution in [1.29, 1.82) is 0 Å². The van der Waals surface area contributed by atoms with E-state index in [0.717, 1.165) is 16.6 Å². The van der Waals surface area contributed by atoms with Crippen molar-refractivity contribution in [1.82, 2.24) is 4.98 Å². The number of para-hydroxylation sites is 1. The maximum atomic E-state index is 9.47. The van der Waals surface area contributed by atoms with Crippen molar-refractivity contribution >= 4 is 16.6 Å². The van der Waals surface area contributed by atoms with Crippen molar-refractivity contribution in [2.45, 2.75) is 38.3 Å². The molecule has 1 saturated carbocycles. The first-order valence-corrected chi connectivity index (χ1v) is 7.70. The summed E-state index contributed by atoms with van der Waals surface area (Å²) in [6.07, 6.45) is 4.85. The van der Waals surface area contributed by atoms with Gasteiger partial charge in [0.25, 0.3) is 0 Å². The third-order valence-electron chi connectivity index (χ3n) is 4.33. The van der Waals surface area contributed by atoms with Crippen molar-refractivity contribution in [2.24, 2.45) is 0 Å². The molecule has 112 valence electrons. The Balaban J connectivity index is 2.10. The zero-order valence-corrected chi connectivity index (χ0v) is 12.2. The Hall–Kier alpha value is -1.65. The van der Waals surface area contributed by atoms with Gasteiger partial charge in [-0.05, 0) is 25.0 Å². The molecule has 0 saturated heterocycles. The molecule has 0 amide bonds. The Morgan fingerprint density at radius 1 is 1.14 bits per heavy atom. The predicted molar refractivity (Wildman–Crippen MR) is 84.4 cm³/mol. The summed E-state index contributed by atoms with van der Waals surface area (Å²) in [6.45, 7) is 0.709. The van der Waals surface area contributed by atoms with E-state index in [4.69, 9.17) is 0 Å². The van der Waals surface area contributed by atoms with Crippen molar-refractivity contribution in [3.8, 4) is 0 Å². The van der Waals surface area contributed by atoms with Gasteiger partial charge in [0.1, 0.15) is 0 Å². The molecule has 1 aromatic carbocycles. The van der Waals surface area contributed by atoms with E-state index in [9.17, 15) is 10.2 Å². The van der Waals surface area contributed by atoms with Crippen molar-refractivity contribution in [3.63, 3.8) is 0 Å². The molecule has 0 spiro atoms. The Morgan fingerprint density at radius 2 is 1.90 bits per heavy atom. The van der Waals surface area contributed by atoms with Crippen molar-refractivity contribution in [2.75, 3.05) is 18.1 Å². The molecule has 0 bridgehead atoms. The number of pyridine rings is 1. The van der Waals surface area contributed by atoms with Gasteiger partial charge in [0.05, 0.1) is 24.4 Å². The van der Waals surface area contributed by atoms with Crippen LogP contribution in [0.3, 0.4) is 0 Å². The average Bonchev–Trinajstić information content (AvgIpc) is 3.05. The number of fused-ring (bicyclic) bond motifs is 1. The van der Waals surface area contributed by atoms with Crippen molar-refractivity contribution in [3.05, 3.63) is 36.0 Å². The molecule has 0 unspecified atom stereocenters. The van der Waals surface area contributed by atoms with E-state index in [2.05, 4.69) is 16.0 Å². The topological polar surface area (TPSA) is 56.6 Å². The highest BCUT2D eigenvalue weighted by Gasteiger charge is 2.24. The number of anilines is 1. The summed E-state index contributed by atoms with van der Waals surface area (Å²) >= 11 is 0. The lowest BCUT2D eigenvalue weighted by atomic mass is 10.1. The first-order valence-electron chi connectivity index (χ1n) is 7.70. The van der Waals surface area contributed by atoms with E-state index in [-0.39, 0.29) is 13.2 Å². The number of benzene rings is 1. The van der Waals surface area contributed by atoms with Crippen LogP contribution in [0.5, 0.6) is 0 Å². The second kappa shape index (κ2) is 6.41. The second-order valence-corrected chi connectivity index (χ2v) is 5.66. The average molecular weight is 286 g/mol. The first kappa shape index (κ1) is 14.3. The van der Waals surface area contributed by atoms with Crippen LogP contribution in [-0.4, -0.2) is 34.4 Å². The van der Waals surface area contributed by atoms with Gasteiger partial charge >= 0.3 is 0 Å². The minimum Gasteiger partial charge on any atom is -0.395 e. The molecule has 1 aliphatic carbocycles. The predicted octanol–water partition coefficient (Wildman–Crippen LogP) is 2.47. The van der Waals surface area contributed by atoms with Gasteiger partial charge in [-0.3, -0.25) is 4.98 Å². The number of hydrogen-bond donors (Lipinski definition) is 2. The normalized spacial score (nSPS) is 15.7. The van der Waals surface area contributed by atoms with Crippen LogP contribution < -0.4 is 4.90 Å². The molecule has 0 radical (unpaired) electrons. The highest BCUT2D eigenvalue weighted by molar-refractivity contribution is 5.92. The highest BCUT2D eigenvalue weighted by Crippen LogP contribution is 2.33. The monoisotopic (exact) mass is 286 g/mol. The largest absolute Gasteiger partial charge is 0.395 e. The molecule has 0 atom stereocenters. The third-order valence-corrected chi connectivity index (χ3v) is 4.33. The smallest absolute Gasteiger partial charge is 0.0854 e. The van der Waals surface area contributed by atoms with Gasteiger partial charge in [0.2, 0.25) is 0 Å². The molecular weight excluding hydrogens is 264 g/mol. The highest BCUT2D eigenvalue weighted by atomic mass is 16.3. The molecule has 1 heterocycles. The van der Waals surface area contributed by atoms with Crippen LogP contribution >= 0.6 is 0 Å². The molecule has 2 aromatic rings. The Kier molecular flexibility index (Phi) is 4.36. The van der Waals surface area contributed by atoms with Crippen LogP contribution in [-0.2, 0) is 6.61 Å². The number of aromatic nitrogens is 1. The maximum absolute atomic E-state index is 9.47. The molecular formula is C17H22N2O2. The van der Waals surface area contributed by atoms with Gasteiger partial charge < -0.3 is 15.1 Å². The quantitative estimate of drug-likeness (QED) is 0.886. The van der Waals surface area contributed by atoms with Crippen LogP contribution in [0.2, 0.25) is 0 Å². The zero-order chi connectivity index (χ0) is 14.7. The number of aliphatic hydroxyl groups is 2. The molecule has 2 N–H and O–H groups in total. The van der Waals surface area contributed by atoms with Gasteiger partial charge in [-0.25, -0.2) is 0 Å². The summed E-state index contributed by atoms with van der Waals surface area (Å²) < 4.78 is 0. The van der Waals surface area contributed by atoms with E-state index in [1.807, 2.05) is 24.3 Å². The van der Waals surface area contributed by atoms with Gasteiger partial charge in [0, 0.05) is 23.7 Å². The fourth-order valence-electron chi connectivity index (χ4n) is 3.35. The summed E-state index contributed by atoms with van der Waals surface area (Å²) in [5, 5.41) is 20.0. The molecule has 1 aromatic heterocycles. The third kappa shape index (κ3) is 2.87. The molecule has 4 heteroatoms.